The van der Waals surface area contributed by atoms with Crippen molar-refractivity contribution in [2.45, 2.75) is 57.5 Å². The molecule has 2 aliphatic heterocycles. The van der Waals surface area contributed by atoms with E-state index in [1.165, 1.54) is 12.0 Å². The average Bonchev–Trinajstić information content (AvgIpc) is 2.91. The number of benzene rings is 1. The fraction of sp³-hybridized carbons (Fsp3) is 0.579. The highest BCUT2D eigenvalue weighted by Gasteiger charge is 2.30. The molecule has 0 aliphatic carbocycles. The van der Waals surface area contributed by atoms with E-state index in [1.54, 1.807) is 0 Å². The number of fused-ring (bicyclic) bond motifs is 2. The van der Waals surface area contributed by atoms with Crippen LogP contribution in [-0.4, -0.2) is 41.8 Å². The third kappa shape index (κ3) is 3.99. The van der Waals surface area contributed by atoms with Crippen LogP contribution in [0.4, 0.5) is 0 Å². The topological polar surface area (TPSA) is 49.4 Å². The maximum absolute atomic E-state index is 12.4. The maximum atomic E-state index is 12.4. The summed E-state index contributed by atoms with van der Waals surface area (Å²) in [5.74, 6) is 0.188. The first-order valence-electron chi connectivity index (χ1n) is 8.81. The highest BCUT2D eigenvalue weighted by Crippen LogP contribution is 2.21. The molecule has 3 rings (SSSR count). The van der Waals surface area contributed by atoms with E-state index in [0.717, 1.165) is 32.4 Å². The van der Waals surface area contributed by atoms with Crippen molar-refractivity contribution in [3.8, 4) is 0 Å². The van der Waals surface area contributed by atoms with Crippen LogP contribution in [0.2, 0.25) is 0 Å². The van der Waals surface area contributed by atoms with Gasteiger partial charge in [0.2, 0.25) is 5.91 Å². The number of carbonyl (C=O) groups excluding carboxylic acids is 2. The number of hydrogen-bond donors (Lipinski definition) is 1. The lowest BCUT2D eigenvalue weighted by molar-refractivity contribution is -0.131. The number of ketones is 1. The number of amides is 1. The Morgan fingerprint density at radius 2 is 1.83 bits per heavy atom. The first-order chi connectivity index (χ1) is 11.2. The predicted molar refractivity (Wildman–Crippen MR) is 90.5 cm³/mol. The Morgan fingerprint density at radius 3 is 2.57 bits per heavy atom. The molecule has 4 heteroatoms. The number of hydrogen-bond acceptors (Lipinski definition) is 3. The van der Waals surface area contributed by atoms with Gasteiger partial charge in [-0.05, 0) is 31.2 Å². The molecular weight excluding hydrogens is 288 g/mol. The van der Waals surface area contributed by atoms with E-state index in [0.29, 0.717) is 30.5 Å². The van der Waals surface area contributed by atoms with Gasteiger partial charge in [-0.1, -0.05) is 31.2 Å². The van der Waals surface area contributed by atoms with E-state index in [-0.39, 0.29) is 11.7 Å². The van der Waals surface area contributed by atoms with Crippen molar-refractivity contribution in [3.05, 3.63) is 35.4 Å². The van der Waals surface area contributed by atoms with Gasteiger partial charge in [0.05, 0.1) is 0 Å². The molecule has 2 aliphatic rings. The minimum atomic E-state index is 0.0653. The minimum Gasteiger partial charge on any atom is -0.341 e. The van der Waals surface area contributed by atoms with Crippen LogP contribution in [0.1, 0.15) is 54.9 Å². The quantitative estimate of drug-likeness (QED) is 0.850. The Balaban J connectivity index is 1.50. The fourth-order valence-corrected chi connectivity index (χ4v) is 3.62. The summed E-state index contributed by atoms with van der Waals surface area (Å²) in [5, 5.41) is 3.58. The van der Waals surface area contributed by atoms with Crippen molar-refractivity contribution in [1.29, 1.82) is 0 Å². The lowest BCUT2D eigenvalue weighted by Gasteiger charge is -2.24. The van der Waals surface area contributed by atoms with Gasteiger partial charge < -0.3 is 10.2 Å². The molecule has 2 atom stereocenters. The molecule has 1 amide bonds. The summed E-state index contributed by atoms with van der Waals surface area (Å²) >= 11 is 0. The van der Waals surface area contributed by atoms with Gasteiger partial charge in [-0.15, -0.1) is 0 Å². The zero-order chi connectivity index (χ0) is 16.2. The van der Waals surface area contributed by atoms with Gasteiger partial charge in [-0.25, -0.2) is 0 Å². The number of Topliss-reactive ketones (excluding diaryl/α,β-unsaturated/α-hetero) is 1. The molecule has 2 saturated heterocycles. The zero-order valence-electron chi connectivity index (χ0n) is 13.9. The van der Waals surface area contributed by atoms with E-state index in [2.05, 4.69) is 12.2 Å². The molecule has 1 N–H and O–H groups in total. The number of aryl methyl sites for hydroxylation is 1. The second kappa shape index (κ2) is 7.26. The highest BCUT2D eigenvalue weighted by molar-refractivity contribution is 5.98. The van der Waals surface area contributed by atoms with Crippen LogP contribution in [0.5, 0.6) is 0 Å². The summed E-state index contributed by atoms with van der Waals surface area (Å²) in [5.41, 5.74) is 1.94. The van der Waals surface area contributed by atoms with Crippen LogP contribution in [0.15, 0.2) is 24.3 Å². The van der Waals surface area contributed by atoms with Crippen molar-refractivity contribution in [3.63, 3.8) is 0 Å². The molecule has 0 spiro atoms. The van der Waals surface area contributed by atoms with Crippen molar-refractivity contribution in [2.75, 3.05) is 13.1 Å². The van der Waals surface area contributed by atoms with E-state index in [4.69, 9.17) is 0 Å². The Bertz CT molecular complexity index is 567. The van der Waals surface area contributed by atoms with E-state index >= 15 is 0 Å². The second-order valence-electron chi connectivity index (χ2n) is 6.74. The number of carbonyl (C=O) groups is 2. The summed E-state index contributed by atoms with van der Waals surface area (Å²) in [6, 6.07) is 8.76. The Hall–Kier alpha value is -1.68. The molecular formula is C19H26N2O2. The van der Waals surface area contributed by atoms with Crippen molar-refractivity contribution < 1.29 is 9.59 Å². The molecule has 23 heavy (non-hydrogen) atoms. The summed E-state index contributed by atoms with van der Waals surface area (Å²) < 4.78 is 0. The molecule has 4 nitrogen and oxygen atoms in total. The maximum Gasteiger partial charge on any atom is 0.223 e. The van der Waals surface area contributed by atoms with Gasteiger partial charge in [-0.2, -0.15) is 0 Å². The average molecular weight is 314 g/mol. The Labute approximate surface area is 138 Å². The zero-order valence-corrected chi connectivity index (χ0v) is 13.9. The number of likely N-dealkylation sites (tertiary alicyclic amines) is 1. The SMILES string of the molecule is CCc1ccc(C(=O)CCC(=O)N2CCC3CCC(C2)N3)cc1. The van der Waals surface area contributed by atoms with Crippen LogP contribution >= 0.6 is 0 Å². The summed E-state index contributed by atoms with van der Waals surface area (Å²) in [7, 11) is 0. The number of nitrogens with one attached hydrogen (secondary N) is 1. The molecule has 2 heterocycles. The highest BCUT2D eigenvalue weighted by atomic mass is 16.2. The van der Waals surface area contributed by atoms with Gasteiger partial charge in [0.25, 0.3) is 0 Å². The fourth-order valence-electron chi connectivity index (χ4n) is 3.62. The minimum absolute atomic E-state index is 0.0653. The Kier molecular flexibility index (Phi) is 5.11. The smallest absolute Gasteiger partial charge is 0.223 e. The number of rotatable bonds is 5. The molecule has 0 radical (unpaired) electrons. The van der Waals surface area contributed by atoms with Crippen LogP contribution in [0.25, 0.3) is 0 Å². The standard InChI is InChI=1S/C19H26N2O2/c1-2-14-3-5-15(6-4-14)18(22)9-10-19(23)21-12-11-16-7-8-17(13-21)20-16/h3-6,16-17,20H,2,7-13H2,1H3. The third-order valence-corrected chi connectivity index (χ3v) is 5.13. The normalized spacial score (nSPS) is 23.6. The molecule has 1 aromatic rings. The lowest BCUT2D eigenvalue weighted by Crippen LogP contribution is -2.39. The first kappa shape index (κ1) is 16.2. The molecule has 0 aromatic heterocycles. The van der Waals surface area contributed by atoms with Crippen molar-refractivity contribution in [2.24, 2.45) is 0 Å². The second-order valence-corrected chi connectivity index (χ2v) is 6.74. The van der Waals surface area contributed by atoms with Gasteiger partial charge in [0.15, 0.2) is 5.78 Å². The monoisotopic (exact) mass is 314 g/mol. The molecule has 124 valence electrons. The van der Waals surface area contributed by atoms with Crippen LogP contribution in [0.3, 0.4) is 0 Å². The predicted octanol–water partition coefficient (Wildman–Crippen LogP) is 2.56. The molecule has 0 saturated carbocycles. The van der Waals surface area contributed by atoms with Crippen LogP contribution < -0.4 is 5.32 Å². The van der Waals surface area contributed by atoms with Crippen molar-refractivity contribution in [1.82, 2.24) is 10.2 Å². The lowest BCUT2D eigenvalue weighted by atomic mass is 10.0. The summed E-state index contributed by atoms with van der Waals surface area (Å²) in [4.78, 5) is 26.6. The molecule has 2 bridgehead atoms. The van der Waals surface area contributed by atoms with Gasteiger partial charge in [-0.3, -0.25) is 9.59 Å². The van der Waals surface area contributed by atoms with E-state index in [9.17, 15) is 9.59 Å². The van der Waals surface area contributed by atoms with Crippen molar-refractivity contribution >= 4 is 11.7 Å². The van der Waals surface area contributed by atoms with Gasteiger partial charge in [0.1, 0.15) is 0 Å². The third-order valence-electron chi connectivity index (χ3n) is 5.13. The van der Waals surface area contributed by atoms with Crippen LogP contribution in [0, 0.1) is 0 Å². The van der Waals surface area contributed by atoms with E-state index in [1.807, 2.05) is 29.2 Å². The molecule has 1 aromatic carbocycles. The first-order valence-corrected chi connectivity index (χ1v) is 8.81. The number of nitrogens with zero attached hydrogens (tertiary/aromatic N) is 1. The largest absolute Gasteiger partial charge is 0.341 e. The molecule has 2 fully saturated rings. The summed E-state index contributed by atoms with van der Waals surface area (Å²) in [6.45, 7) is 3.72. The van der Waals surface area contributed by atoms with E-state index < -0.39 is 0 Å². The Morgan fingerprint density at radius 1 is 1.09 bits per heavy atom. The van der Waals surface area contributed by atoms with Crippen LogP contribution in [-0.2, 0) is 11.2 Å². The molecule has 2 unspecified atom stereocenters. The van der Waals surface area contributed by atoms with Gasteiger partial charge >= 0.3 is 0 Å². The summed E-state index contributed by atoms with van der Waals surface area (Å²) in [6.07, 6.45) is 5.04. The van der Waals surface area contributed by atoms with Gasteiger partial charge in [0, 0.05) is 43.6 Å².